The first-order valence-corrected chi connectivity index (χ1v) is 6.37. The highest BCUT2D eigenvalue weighted by molar-refractivity contribution is 5.98. The van der Waals surface area contributed by atoms with E-state index < -0.39 is 0 Å². The predicted molar refractivity (Wildman–Crippen MR) is 65.3 cm³/mol. The number of carbonyl (C=O) groups excluding carboxylic acids is 2. The maximum absolute atomic E-state index is 11.8. The van der Waals surface area contributed by atoms with Gasteiger partial charge in [0, 0.05) is 19.4 Å². The number of rotatable bonds is 5. The smallest absolute Gasteiger partial charge is 0.229 e. The number of carbonyl (C=O) groups is 2. The lowest BCUT2D eigenvalue weighted by molar-refractivity contribution is -0.152. The molecule has 1 fully saturated rings. The van der Waals surface area contributed by atoms with E-state index in [0.29, 0.717) is 32.2 Å². The van der Waals surface area contributed by atoms with E-state index in [1.54, 1.807) is 0 Å². The second kappa shape index (κ2) is 5.63. The molecule has 0 aliphatic carbocycles. The fourth-order valence-electron chi connectivity index (χ4n) is 2.15. The molecule has 0 aromatic rings. The first-order chi connectivity index (χ1) is 7.85. The number of imide groups is 1. The molecule has 0 bridgehead atoms. The molecule has 0 aromatic carbocycles. The average molecular weight is 241 g/mol. The Bertz CT molecular complexity index is 279. The Labute approximate surface area is 103 Å². The molecule has 1 heterocycles. The van der Waals surface area contributed by atoms with E-state index in [0.717, 1.165) is 6.42 Å². The highest BCUT2D eigenvalue weighted by Crippen LogP contribution is 2.31. The van der Waals surface area contributed by atoms with Crippen molar-refractivity contribution in [3.63, 3.8) is 0 Å². The number of aliphatic hydroxyl groups is 1. The van der Waals surface area contributed by atoms with E-state index in [4.69, 9.17) is 0 Å². The zero-order chi connectivity index (χ0) is 13.1. The summed E-state index contributed by atoms with van der Waals surface area (Å²) in [6, 6.07) is 0. The molecule has 0 spiro atoms. The van der Waals surface area contributed by atoms with Gasteiger partial charge in [-0.05, 0) is 24.7 Å². The van der Waals surface area contributed by atoms with Crippen molar-refractivity contribution < 1.29 is 14.7 Å². The van der Waals surface area contributed by atoms with Crippen molar-refractivity contribution in [2.45, 2.75) is 59.0 Å². The molecule has 1 atom stereocenters. The Morgan fingerprint density at radius 3 is 2.29 bits per heavy atom. The van der Waals surface area contributed by atoms with Crippen LogP contribution in [0.5, 0.6) is 0 Å². The van der Waals surface area contributed by atoms with Crippen molar-refractivity contribution in [1.82, 2.24) is 4.90 Å². The third-order valence-electron chi connectivity index (χ3n) is 3.25. The molecule has 1 rings (SSSR count). The van der Waals surface area contributed by atoms with Gasteiger partial charge in [-0.3, -0.25) is 14.5 Å². The molecule has 0 saturated carbocycles. The maximum atomic E-state index is 11.8. The molecule has 1 aliphatic rings. The molecule has 4 nitrogen and oxygen atoms in total. The number of nitrogens with zero attached hydrogens (tertiary/aromatic N) is 1. The number of hydrogen-bond donors (Lipinski definition) is 1. The van der Waals surface area contributed by atoms with E-state index in [9.17, 15) is 14.7 Å². The van der Waals surface area contributed by atoms with Gasteiger partial charge in [-0.15, -0.1) is 0 Å². The fourth-order valence-corrected chi connectivity index (χ4v) is 2.15. The first kappa shape index (κ1) is 14.2. The molecular weight excluding hydrogens is 218 g/mol. The predicted octanol–water partition coefficient (Wildman–Crippen LogP) is 1.71. The summed E-state index contributed by atoms with van der Waals surface area (Å²) in [5.41, 5.74) is -0.201. The number of piperidine rings is 1. The molecule has 0 radical (unpaired) electrons. The Morgan fingerprint density at radius 1 is 1.29 bits per heavy atom. The number of aliphatic hydroxyl groups excluding tert-OH is 1. The summed E-state index contributed by atoms with van der Waals surface area (Å²) >= 11 is 0. The van der Waals surface area contributed by atoms with Gasteiger partial charge in [-0.1, -0.05) is 20.8 Å². The molecular formula is C13H23NO3. The number of hydrogen-bond acceptors (Lipinski definition) is 3. The van der Waals surface area contributed by atoms with Crippen molar-refractivity contribution in [3.8, 4) is 0 Å². The van der Waals surface area contributed by atoms with Crippen LogP contribution >= 0.6 is 0 Å². The molecule has 1 aliphatic heterocycles. The molecule has 1 unspecified atom stereocenters. The monoisotopic (exact) mass is 241 g/mol. The average Bonchev–Trinajstić information content (AvgIpc) is 2.20. The number of amides is 2. The highest BCUT2D eigenvalue weighted by atomic mass is 16.3. The van der Waals surface area contributed by atoms with Crippen LogP contribution in [0.2, 0.25) is 0 Å². The van der Waals surface area contributed by atoms with Gasteiger partial charge >= 0.3 is 0 Å². The Kier molecular flexibility index (Phi) is 4.69. The van der Waals surface area contributed by atoms with E-state index in [-0.39, 0.29) is 23.3 Å². The van der Waals surface area contributed by atoms with Crippen LogP contribution in [0, 0.1) is 5.41 Å². The Hall–Kier alpha value is -0.900. The summed E-state index contributed by atoms with van der Waals surface area (Å²) in [7, 11) is 0. The van der Waals surface area contributed by atoms with Gasteiger partial charge in [0.15, 0.2) is 0 Å². The van der Waals surface area contributed by atoms with Crippen LogP contribution in [0.3, 0.4) is 0 Å². The topological polar surface area (TPSA) is 57.6 Å². The summed E-state index contributed by atoms with van der Waals surface area (Å²) in [4.78, 5) is 25.0. The third kappa shape index (κ3) is 4.11. The molecule has 17 heavy (non-hydrogen) atoms. The quantitative estimate of drug-likeness (QED) is 0.745. The van der Waals surface area contributed by atoms with Crippen LogP contribution in [0.15, 0.2) is 0 Å². The van der Waals surface area contributed by atoms with Crippen LogP contribution < -0.4 is 0 Å². The zero-order valence-corrected chi connectivity index (χ0v) is 11.0. The van der Waals surface area contributed by atoms with Crippen LogP contribution in [0.25, 0.3) is 0 Å². The lowest BCUT2D eigenvalue weighted by Crippen LogP contribution is -2.46. The minimum atomic E-state index is -0.318. The normalized spacial score (nSPS) is 21.8. The van der Waals surface area contributed by atoms with Crippen molar-refractivity contribution in [2.24, 2.45) is 5.41 Å². The third-order valence-corrected chi connectivity index (χ3v) is 3.25. The van der Waals surface area contributed by atoms with Gasteiger partial charge in [0.1, 0.15) is 0 Å². The summed E-state index contributed by atoms with van der Waals surface area (Å²) < 4.78 is 0. The first-order valence-electron chi connectivity index (χ1n) is 6.37. The van der Waals surface area contributed by atoms with Gasteiger partial charge in [0.05, 0.1) is 6.10 Å². The minimum absolute atomic E-state index is 0.0720. The van der Waals surface area contributed by atoms with Crippen molar-refractivity contribution in [1.29, 1.82) is 0 Å². The fraction of sp³-hybridized carbons (Fsp3) is 0.846. The van der Waals surface area contributed by atoms with Crippen molar-refractivity contribution in [2.75, 3.05) is 6.54 Å². The SMILES string of the molecule is CCC(O)CCCN1C(=O)CC(C)(C)CC1=O. The number of likely N-dealkylation sites (tertiary alicyclic amines) is 1. The molecule has 1 saturated heterocycles. The maximum Gasteiger partial charge on any atom is 0.229 e. The molecule has 0 aromatic heterocycles. The Balaban J connectivity index is 2.44. The minimum Gasteiger partial charge on any atom is -0.393 e. The van der Waals surface area contributed by atoms with E-state index in [1.165, 1.54) is 4.90 Å². The van der Waals surface area contributed by atoms with Crippen molar-refractivity contribution >= 4 is 11.8 Å². The van der Waals surface area contributed by atoms with Gasteiger partial charge in [0.25, 0.3) is 0 Å². The van der Waals surface area contributed by atoms with Gasteiger partial charge in [0.2, 0.25) is 11.8 Å². The molecule has 1 N–H and O–H groups in total. The zero-order valence-electron chi connectivity index (χ0n) is 11.0. The lowest BCUT2D eigenvalue weighted by atomic mass is 9.81. The van der Waals surface area contributed by atoms with Crippen LogP contribution in [0.4, 0.5) is 0 Å². The van der Waals surface area contributed by atoms with Crippen LogP contribution in [0.1, 0.15) is 52.9 Å². The van der Waals surface area contributed by atoms with Crippen LogP contribution in [-0.2, 0) is 9.59 Å². The molecule has 4 heteroatoms. The summed E-state index contributed by atoms with van der Waals surface area (Å²) in [6.07, 6.45) is 2.62. The summed E-state index contributed by atoms with van der Waals surface area (Å²) in [6.45, 7) is 6.26. The van der Waals surface area contributed by atoms with Crippen LogP contribution in [-0.4, -0.2) is 34.5 Å². The molecule has 2 amide bonds. The van der Waals surface area contributed by atoms with Crippen molar-refractivity contribution in [3.05, 3.63) is 0 Å². The standard InChI is InChI=1S/C13H23NO3/c1-4-10(15)6-5-7-14-11(16)8-13(2,3)9-12(14)17/h10,15H,4-9H2,1-3H3. The lowest BCUT2D eigenvalue weighted by Gasteiger charge is -2.34. The highest BCUT2D eigenvalue weighted by Gasteiger charge is 2.36. The second-order valence-corrected chi connectivity index (χ2v) is 5.66. The Morgan fingerprint density at radius 2 is 1.82 bits per heavy atom. The summed E-state index contributed by atoms with van der Waals surface area (Å²) in [5, 5.41) is 9.41. The van der Waals surface area contributed by atoms with E-state index in [1.807, 2.05) is 20.8 Å². The van der Waals surface area contributed by atoms with Gasteiger partial charge in [-0.2, -0.15) is 0 Å². The second-order valence-electron chi connectivity index (χ2n) is 5.66. The van der Waals surface area contributed by atoms with E-state index >= 15 is 0 Å². The van der Waals surface area contributed by atoms with Gasteiger partial charge < -0.3 is 5.11 Å². The molecule has 98 valence electrons. The van der Waals surface area contributed by atoms with E-state index in [2.05, 4.69) is 0 Å². The van der Waals surface area contributed by atoms with Gasteiger partial charge in [-0.25, -0.2) is 0 Å². The largest absolute Gasteiger partial charge is 0.393 e. The summed E-state index contributed by atoms with van der Waals surface area (Å²) in [5.74, 6) is -0.144.